The molecule has 3 atom stereocenters. The molecule has 1 saturated heterocycles. The van der Waals surface area contributed by atoms with E-state index in [1.54, 1.807) is 0 Å². The molecule has 1 heterocycles. The number of hydrogen-bond acceptors (Lipinski definition) is 2. The van der Waals surface area contributed by atoms with Crippen molar-refractivity contribution < 1.29 is 4.79 Å². The van der Waals surface area contributed by atoms with Crippen molar-refractivity contribution in [1.82, 2.24) is 4.90 Å². The van der Waals surface area contributed by atoms with E-state index in [-0.39, 0.29) is 11.8 Å². The fraction of sp³-hybridized carbons (Fsp3) is 0.917. The second-order valence-corrected chi connectivity index (χ2v) is 5.28. The molecular weight excluding hydrogens is 188 g/mol. The number of hydrogen-bond donors (Lipinski definition) is 1. The molecule has 1 aliphatic rings. The molecule has 0 saturated carbocycles. The van der Waals surface area contributed by atoms with Crippen molar-refractivity contribution in [3.8, 4) is 0 Å². The first-order valence-electron chi connectivity index (χ1n) is 5.96. The van der Waals surface area contributed by atoms with E-state index in [1.165, 1.54) is 0 Å². The number of carbonyl (C=O) groups is 1. The van der Waals surface area contributed by atoms with Gasteiger partial charge in [-0.3, -0.25) is 4.79 Å². The molecule has 3 unspecified atom stereocenters. The smallest absolute Gasteiger partial charge is 0.227 e. The summed E-state index contributed by atoms with van der Waals surface area (Å²) in [5, 5.41) is 0. The van der Waals surface area contributed by atoms with Crippen molar-refractivity contribution in [2.75, 3.05) is 19.6 Å². The van der Waals surface area contributed by atoms with E-state index in [1.807, 2.05) is 4.90 Å². The number of nitrogens with two attached hydrogens (primary N) is 1. The molecular formula is C12H24N2O. The minimum absolute atomic E-state index is 0.00231. The standard InChI is InChI=1S/C12H24N2O/c1-8(2)11(5-13)12(15)14-6-9(3)10(4)7-14/h8-11H,5-7,13H2,1-4H3. The van der Waals surface area contributed by atoms with Gasteiger partial charge in [0.05, 0.1) is 5.92 Å². The molecule has 0 radical (unpaired) electrons. The van der Waals surface area contributed by atoms with Crippen LogP contribution >= 0.6 is 0 Å². The summed E-state index contributed by atoms with van der Waals surface area (Å²) in [6, 6.07) is 0. The van der Waals surface area contributed by atoms with E-state index in [4.69, 9.17) is 5.73 Å². The predicted octanol–water partition coefficient (Wildman–Crippen LogP) is 1.33. The molecule has 1 amide bonds. The first-order valence-corrected chi connectivity index (χ1v) is 5.96. The van der Waals surface area contributed by atoms with Crippen LogP contribution < -0.4 is 5.73 Å². The van der Waals surface area contributed by atoms with Crippen molar-refractivity contribution in [3.05, 3.63) is 0 Å². The molecule has 1 fully saturated rings. The Hall–Kier alpha value is -0.570. The molecule has 2 N–H and O–H groups in total. The lowest BCUT2D eigenvalue weighted by Gasteiger charge is -2.25. The minimum atomic E-state index is 0.00231. The van der Waals surface area contributed by atoms with Crippen LogP contribution in [0, 0.1) is 23.7 Å². The molecule has 3 nitrogen and oxygen atoms in total. The highest BCUT2D eigenvalue weighted by molar-refractivity contribution is 5.79. The van der Waals surface area contributed by atoms with Crippen LogP contribution in [0.4, 0.5) is 0 Å². The summed E-state index contributed by atoms with van der Waals surface area (Å²) in [6.45, 7) is 10.8. The van der Waals surface area contributed by atoms with Crippen LogP contribution in [0.5, 0.6) is 0 Å². The first kappa shape index (κ1) is 12.5. The molecule has 0 spiro atoms. The van der Waals surface area contributed by atoms with Gasteiger partial charge in [0.2, 0.25) is 5.91 Å². The quantitative estimate of drug-likeness (QED) is 0.767. The van der Waals surface area contributed by atoms with Gasteiger partial charge in [-0.15, -0.1) is 0 Å². The normalized spacial score (nSPS) is 28.5. The van der Waals surface area contributed by atoms with Gasteiger partial charge in [-0.2, -0.15) is 0 Å². The van der Waals surface area contributed by atoms with Crippen molar-refractivity contribution in [3.63, 3.8) is 0 Å². The number of carbonyl (C=O) groups excluding carboxylic acids is 1. The number of likely N-dealkylation sites (tertiary alicyclic amines) is 1. The summed E-state index contributed by atoms with van der Waals surface area (Å²) in [6.07, 6.45) is 0. The van der Waals surface area contributed by atoms with Crippen LogP contribution in [0.15, 0.2) is 0 Å². The lowest BCUT2D eigenvalue weighted by Crippen LogP contribution is -2.40. The zero-order chi connectivity index (χ0) is 11.6. The van der Waals surface area contributed by atoms with Crippen LogP contribution in [0.1, 0.15) is 27.7 Å². The Morgan fingerprint density at radius 3 is 2.13 bits per heavy atom. The second-order valence-electron chi connectivity index (χ2n) is 5.28. The summed E-state index contributed by atoms with van der Waals surface area (Å²) in [4.78, 5) is 14.1. The highest BCUT2D eigenvalue weighted by atomic mass is 16.2. The average molecular weight is 212 g/mol. The van der Waals surface area contributed by atoms with Crippen LogP contribution in [0.2, 0.25) is 0 Å². The van der Waals surface area contributed by atoms with Gasteiger partial charge in [0, 0.05) is 19.6 Å². The van der Waals surface area contributed by atoms with E-state index in [0.717, 1.165) is 13.1 Å². The SMILES string of the molecule is CC(C)C(CN)C(=O)N1CC(C)C(C)C1. The third-order valence-corrected chi connectivity index (χ3v) is 3.68. The summed E-state index contributed by atoms with van der Waals surface area (Å²) < 4.78 is 0. The Bertz CT molecular complexity index is 218. The summed E-state index contributed by atoms with van der Waals surface area (Å²) in [5.74, 6) is 1.85. The molecule has 1 rings (SSSR count). The topological polar surface area (TPSA) is 46.3 Å². The predicted molar refractivity (Wildman–Crippen MR) is 62.3 cm³/mol. The molecule has 0 aromatic rings. The van der Waals surface area contributed by atoms with Crippen LogP contribution in [-0.2, 0) is 4.79 Å². The van der Waals surface area contributed by atoms with E-state index >= 15 is 0 Å². The molecule has 1 aliphatic heterocycles. The molecule has 0 aromatic carbocycles. The monoisotopic (exact) mass is 212 g/mol. The Kier molecular flexibility index (Phi) is 4.14. The zero-order valence-electron chi connectivity index (χ0n) is 10.4. The largest absolute Gasteiger partial charge is 0.342 e. The lowest BCUT2D eigenvalue weighted by molar-refractivity contribution is -0.135. The van der Waals surface area contributed by atoms with Gasteiger partial charge in [-0.05, 0) is 17.8 Å². The van der Waals surface area contributed by atoms with Gasteiger partial charge in [0.15, 0.2) is 0 Å². The first-order chi connectivity index (χ1) is 6.97. The van der Waals surface area contributed by atoms with Crippen molar-refractivity contribution >= 4 is 5.91 Å². The van der Waals surface area contributed by atoms with Gasteiger partial charge >= 0.3 is 0 Å². The number of amides is 1. The van der Waals surface area contributed by atoms with Gasteiger partial charge in [0.1, 0.15) is 0 Å². The Labute approximate surface area is 93.0 Å². The molecule has 3 heteroatoms. The number of nitrogens with zero attached hydrogens (tertiary/aromatic N) is 1. The molecule has 0 aromatic heterocycles. The Morgan fingerprint density at radius 1 is 1.33 bits per heavy atom. The maximum absolute atomic E-state index is 12.2. The highest BCUT2D eigenvalue weighted by Gasteiger charge is 2.33. The summed E-state index contributed by atoms with van der Waals surface area (Å²) in [5.41, 5.74) is 5.66. The van der Waals surface area contributed by atoms with E-state index < -0.39 is 0 Å². The molecule has 0 bridgehead atoms. The van der Waals surface area contributed by atoms with Gasteiger partial charge in [0.25, 0.3) is 0 Å². The van der Waals surface area contributed by atoms with Gasteiger partial charge < -0.3 is 10.6 Å². The lowest BCUT2D eigenvalue weighted by atomic mass is 9.94. The minimum Gasteiger partial charge on any atom is -0.342 e. The van der Waals surface area contributed by atoms with Crippen molar-refractivity contribution in [1.29, 1.82) is 0 Å². The third kappa shape index (κ3) is 2.71. The maximum Gasteiger partial charge on any atom is 0.227 e. The van der Waals surface area contributed by atoms with Crippen molar-refractivity contribution in [2.45, 2.75) is 27.7 Å². The zero-order valence-corrected chi connectivity index (χ0v) is 10.4. The fourth-order valence-electron chi connectivity index (χ4n) is 2.20. The summed E-state index contributed by atoms with van der Waals surface area (Å²) >= 11 is 0. The summed E-state index contributed by atoms with van der Waals surface area (Å²) in [7, 11) is 0. The van der Waals surface area contributed by atoms with E-state index in [9.17, 15) is 4.79 Å². The highest BCUT2D eigenvalue weighted by Crippen LogP contribution is 2.25. The van der Waals surface area contributed by atoms with Crippen molar-refractivity contribution in [2.24, 2.45) is 29.4 Å². The van der Waals surface area contributed by atoms with Gasteiger partial charge in [-0.25, -0.2) is 0 Å². The Balaban J connectivity index is 2.61. The molecule has 88 valence electrons. The molecule has 15 heavy (non-hydrogen) atoms. The average Bonchev–Trinajstić information content (AvgIpc) is 2.47. The van der Waals surface area contributed by atoms with E-state index in [0.29, 0.717) is 24.3 Å². The second kappa shape index (κ2) is 4.97. The van der Waals surface area contributed by atoms with Gasteiger partial charge in [-0.1, -0.05) is 27.7 Å². The third-order valence-electron chi connectivity index (χ3n) is 3.68. The Morgan fingerprint density at radius 2 is 1.80 bits per heavy atom. The van der Waals surface area contributed by atoms with Crippen LogP contribution in [0.25, 0.3) is 0 Å². The molecule has 0 aliphatic carbocycles. The maximum atomic E-state index is 12.2. The fourth-order valence-corrected chi connectivity index (χ4v) is 2.20. The van der Waals surface area contributed by atoms with Crippen LogP contribution in [-0.4, -0.2) is 30.4 Å². The van der Waals surface area contributed by atoms with Crippen LogP contribution in [0.3, 0.4) is 0 Å². The van der Waals surface area contributed by atoms with E-state index in [2.05, 4.69) is 27.7 Å². The number of rotatable bonds is 3.